The summed E-state index contributed by atoms with van der Waals surface area (Å²) in [5.41, 5.74) is 0.489. The minimum absolute atomic E-state index is 0.0888. The molecular formula is C30H30F6N2O4. The number of nitrogens with zero attached hydrogens (tertiary/aromatic N) is 2. The first-order valence-electron chi connectivity index (χ1n) is 12.9. The van der Waals surface area contributed by atoms with Crippen LogP contribution in [0.5, 0.6) is 5.75 Å². The minimum atomic E-state index is -4.87. The van der Waals surface area contributed by atoms with Gasteiger partial charge in [-0.1, -0.05) is 48.0 Å². The lowest BCUT2D eigenvalue weighted by Crippen LogP contribution is -2.28. The summed E-state index contributed by atoms with van der Waals surface area (Å²) in [5.74, 6) is -1.46. The van der Waals surface area contributed by atoms with Crippen LogP contribution in [-0.2, 0) is 39.6 Å². The van der Waals surface area contributed by atoms with E-state index < -0.39 is 41.3 Å². The molecule has 4 rings (SSSR count). The Morgan fingerprint density at radius 1 is 0.929 bits per heavy atom. The van der Waals surface area contributed by atoms with Crippen molar-refractivity contribution in [3.8, 4) is 5.75 Å². The second-order valence-electron chi connectivity index (χ2n) is 9.10. The highest BCUT2D eigenvalue weighted by Crippen LogP contribution is 2.35. The third-order valence-electron chi connectivity index (χ3n) is 6.03. The molecule has 3 aromatic carbocycles. The van der Waals surface area contributed by atoms with Crippen LogP contribution in [0.3, 0.4) is 0 Å². The molecule has 226 valence electrons. The van der Waals surface area contributed by atoms with E-state index in [0.29, 0.717) is 24.5 Å². The quantitative estimate of drug-likeness (QED) is 0.150. The number of esters is 1. The number of hydrogen-bond donors (Lipinski definition) is 0. The molecule has 4 aromatic rings. The second kappa shape index (κ2) is 14.2. The number of rotatable bonds is 9. The number of aromatic nitrogens is 2. The zero-order valence-electron chi connectivity index (χ0n) is 23.1. The molecule has 42 heavy (non-hydrogen) atoms. The molecule has 0 aliphatic rings. The van der Waals surface area contributed by atoms with E-state index in [1.54, 1.807) is 31.2 Å². The molecule has 1 atom stereocenters. The van der Waals surface area contributed by atoms with E-state index in [4.69, 9.17) is 14.2 Å². The molecule has 1 aromatic heterocycles. The van der Waals surface area contributed by atoms with Crippen molar-refractivity contribution >= 4 is 17.0 Å². The van der Waals surface area contributed by atoms with Gasteiger partial charge in [0, 0.05) is 13.0 Å². The fourth-order valence-corrected chi connectivity index (χ4v) is 4.02. The average Bonchev–Trinajstić information content (AvgIpc) is 3.32. The van der Waals surface area contributed by atoms with Gasteiger partial charge in [-0.2, -0.15) is 26.3 Å². The van der Waals surface area contributed by atoms with Gasteiger partial charge in [-0.15, -0.1) is 0 Å². The fourth-order valence-electron chi connectivity index (χ4n) is 4.02. The molecule has 0 bridgehead atoms. The molecule has 6 nitrogen and oxygen atoms in total. The largest absolute Gasteiger partial charge is 0.492 e. The van der Waals surface area contributed by atoms with Crippen molar-refractivity contribution in [1.29, 1.82) is 0 Å². The zero-order valence-corrected chi connectivity index (χ0v) is 23.1. The molecule has 0 aliphatic heterocycles. The maximum atomic E-state index is 13.5. The number of carbonyl (C=O) groups excluding carboxylic acids is 1. The van der Waals surface area contributed by atoms with Crippen LogP contribution >= 0.6 is 0 Å². The van der Waals surface area contributed by atoms with Crippen LogP contribution in [-0.4, -0.2) is 41.9 Å². The molecule has 0 amide bonds. The van der Waals surface area contributed by atoms with Gasteiger partial charge in [0.15, 0.2) is 6.10 Å². The maximum Gasteiger partial charge on any atom is 0.449 e. The number of benzene rings is 3. The van der Waals surface area contributed by atoms with Crippen LogP contribution in [0.1, 0.15) is 29.4 Å². The van der Waals surface area contributed by atoms with E-state index in [2.05, 4.69) is 24.0 Å². The summed E-state index contributed by atoms with van der Waals surface area (Å²) >= 11 is 0. The molecule has 1 heterocycles. The molecule has 0 saturated heterocycles. The van der Waals surface area contributed by atoms with Gasteiger partial charge in [-0.3, -0.25) is 0 Å². The van der Waals surface area contributed by atoms with Gasteiger partial charge in [-0.25, -0.2) is 9.78 Å². The summed E-state index contributed by atoms with van der Waals surface area (Å²) in [7, 11) is 1.26. The molecule has 12 heteroatoms. The third kappa shape index (κ3) is 8.97. The van der Waals surface area contributed by atoms with Crippen molar-refractivity contribution in [2.75, 3.05) is 20.3 Å². The van der Waals surface area contributed by atoms with Crippen molar-refractivity contribution in [3.63, 3.8) is 0 Å². The number of imidazole rings is 1. The molecule has 1 unspecified atom stereocenters. The van der Waals surface area contributed by atoms with Gasteiger partial charge < -0.3 is 18.8 Å². The lowest BCUT2D eigenvalue weighted by Gasteiger charge is -2.15. The third-order valence-corrected chi connectivity index (χ3v) is 6.03. The number of alkyl halides is 6. The van der Waals surface area contributed by atoms with E-state index in [-0.39, 0.29) is 25.1 Å². The maximum absolute atomic E-state index is 13.5. The van der Waals surface area contributed by atoms with E-state index in [0.717, 1.165) is 16.2 Å². The van der Waals surface area contributed by atoms with Crippen molar-refractivity contribution in [3.05, 3.63) is 95.3 Å². The lowest BCUT2D eigenvalue weighted by molar-refractivity contribution is -0.153. The smallest absolute Gasteiger partial charge is 0.449 e. The first kappa shape index (κ1) is 32.5. The Morgan fingerprint density at radius 2 is 1.60 bits per heavy atom. The average molecular weight is 597 g/mol. The Balaban J connectivity index is 0.000000603. The fraction of sp³-hybridized carbons (Fsp3) is 0.333. The monoisotopic (exact) mass is 596 g/mol. The predicted molar refractivity (Wildman–Crippen MR) is 144 cm³/mol. The number of carbonyl (C=O) groups is 1. The van der Waals surface area contributed by atoms with E-state index in [1.165, 1.54) is 12.7 Å². The van der Waals surface area contributed by atoms with Crippen LogP contribution in [0.15, 0.2) is 72.8 Å². The van der Waals surface area contributed by atoms with Gasteiger partial charge in [0.05, 0.1) is 30.3 Å². The first-order chi connectivity index (χ1) is 19.8. The number of hydrogen-bond acceptors (Lipinski definition) is 5. The van der Waals surface area contributed by atoms with Crippen LogP contribution in [0.25, 0.3) is 11.0 Å². The molecule has 0 N–H and O–H groups in total. The van der Waals surface area contributed by atoms with Gasteiger partial charge in [0.2, 0.25) is 5.82 Å². The highest BCUT2D eigenvalue weighted by molar-refractivity contribution is 5.77. The Bertz CT molecular complexity index is 1430. The van der Waals surface area contributed by atoms with Gasteiger partial charge in [-0.05, 0) is 49.7 Å². The molecule has 0 saturated carbocycles. The molecule has 0 fully saturated rings. The van der Waals surface area contributed by atoms with E-state index >= 15 is 0 Å². The van der Waals surface area contributed by atoms with E-state index in [9.17, 15) is 31.1 Å². The Kier molecular flexibility index (Phi) is 11.0. The van der Waals surface area contributed by atoms with Gasteiger partial charge in [0.25, 0.3) is 0 Å². The number of fused-ring (bicyclic) bond motifs is 1. The van der Waals surface area contributed by atoms with Crippen LogP contribution in [0, 0.1) is 6.92 Å². The summed E-state index contributed by atoms with van der Waals surface area (Å²) in [6.45, 7) is 3.66. The molecule has 0 spiro atoms. The van der Waals surface area contributed by atoms with Crippen molar-refractivity contribution < 1.29 is 45.3 Å². The zero-order chi connectivity index (χ0) is 30.9. The summed E-state index contributed by atoms with van der Waals surface area (Å²) in [6, 6.07) is 19.1. The van der Waals surface area contributed by atoms with Crippen molar-refractivity contribution in [2.45, 2.75) is 45.3 Å². The standard InChI is InChI=1S/C23H22F6N2O4.C7H8/c1-3-34-19(20(32)33-2)12-14-4-7-16(8-5-14)35-11-10-31-18-9-6-15(22(24,25)26)13-17(18)30-21(31)23(27,28)29;1-7-5-3-2-4-6-7/h4-9,13,19H,3,10-12H2,1-2H3;2-6H,1H3. The van der Waals surface area contributed by atoms with Crippen molar-refractivity contribution in [2.24, 2.45) is 0 Å². The van der Waals surface area contributed by atoms with Gasteiger partial charge >= 0.3 is 18.3 Å². The second-order valence-corrected chi connectivity index (χ2v) is 9.10. The number of ether oxygens (including phenoxy) is 3. The summed E-state index contributed by atoms with van der Waals surface area (Å²) in [5, 5.41) is 0. The summed E-state index contributed by atoms with van der Waals surface area (Å²) in [4.78, 5) is 15.2. The summed E-state index contributed by atoms with van der Waals surface area (Å²) < 4.78 is 95.6. The molecule has 0 aliphatic carbocycles. The number of halogens is 6. The SMILES string of the molecule is CCOC(Cc1ccc(OCCn2c(C(F)(F)F)nc3cc(C(F)(F)F)ccc32)cc1)C(=O)OC.Cc1ccccc1. The highest BCUT2D eigenvalue weighted by atomic mass is 19.4. The first-order valence-corrected chi connectivity index (χ1v) is 12.9. The van der Waals surface area contributed by atoms with Gasteiger partial charge in [0.1, 0.15) is 12.4 Å². The topological polar surface area (TPSA) is 62.6 Å². The van der Waals surface area contributed by atoms with E-state index in [1.807, 2.05) is 18.2 Å². The predicted octanol–water partition coefficient (Wildman–Crippen LogP) is 7.27. The van der Waals surface area contributed by atoms with Crippen LogP contribution < -0.4 is 4.74 Å². The lowest BCUT2D eigenvalue weighted by atomic mass is 10.1. The highest BCUT2D eigenvalue weighted by Gasteiger charge is 2.38. The van der Waals surface area contributed by atoms with Crippen LogP contribution in [0.4, 0.5) is 26.3 Å². The normalized spacial score (nSPS) is 12.4. The Morgan fingerprint density at radius 3 is 2.12 bits per heavy atom. The van der Waals surface area contributed by atoms with Crippen molar-refractivity contribution in [1.82, 2.24) is 9.55 Å². The summed E-state index contributed by atoms with van der Waals surface area (Å²) in [6.07, 6.45) is -10.1. The molecule has 0 radical (unpaired) electrons. The van der Waals surface area contributed by atoms with Crippen LogP contribution in [0.2, 0.25) is 0 Å². The molecular weight excluding hydrogens is 566 g/mol. The minimum Gasteiger partial charge on any atom is -0.492 e. The Hall–Kier alpha value is -4.06. The Labute approximate surface area is 238 Å². The number of aryl methyl sites for hydroxylation is 1. The number of methoxy groups -OCH3 is 1.